The van der Waals surface area contributed by atoms with Crippen molar-refractivity contribution in [2.75, 3.05) is 0 Å². The van der Waals surface area contributed by atoms with Crippen LogP contribution in [0.5, 0.6) is 0 Å². The van der Waals surface area contributed by atoms with Crippen LogP contribution in [-0.2, 0) is 21.9 Å². The monoisotopic (exact) mass is 382 g/mol. The third-order valence-electron chi connectivity index (χ3n) is 3.88. The summed E-state index contributed by atoms with van der Waals surface area (Å²) >= 11 is 2.79. The number of thioether (sulfide) groups is 1. The fraction of sp³-hybridized carbons (Fsp3) is 0.105. The van der Waals surface area contributed by atoms with E-state index in [9.17, 15) is 9.59 Å². The molecule has 0 saturated heterocycles. The fourth-order valence-electron chi connectivity index (χ4n) is 2.66. The first-order chi connectivity index (χ1) is 12.7. The Morgan fingerprint density at radius 1 is 1.08 bits per heavy atom. The highest BCUT2D eigenvalue weighted by molar-refractivity contribution is 8.03. The van der Waals surface area contributed by atoms with Crippen LogP contribution in [0.4, 0.5) is 0 Å². The highest BCUT2D eigenvalue weighted by Crippen LogP contribution is 2.39. The van der Waals surface area contributed by atoms with E-state index in [1.54, 1.807) is 30.7 Å². The largest absolute Gasteiger partial charge is 0.468 e. The van der Waals surface area contributed by atoms with Crippen LogP contribution in [0.15, 0.2) is 69.6 Å². The molecule has 0 unspecified atom stereocenters. The standard InChI is InChI=1S/C19H14N2O3S2/c22-18-16(15-7-4-10-25-15)17(26-12-14-6-3-9-24-14)19(23)21(18)11-13-5-1-2-8-20-13/h1-10H,11-12H2. The fourth-order valence-corrected chi connectivity index (χ4v) is 4.52. The molecule has 0 radical (unpaired) electrons. The van der Waals surface area contributed by atoms with Crippen molar-refractivity contribution in [3.63, 3.8) is 0 Å². The molecule has 0 atom stereocenters. The van der Waals surface area contributed by atoms with Gasteiger partial charge in [-0.1, -0.05) is 12.1 Å². The van der Waals surface area contributed by atoms with Gasteiger partial charge < -0.3 is 4.42 Å². The van der Waals surface area contributed by atoms with Gasteiger partial charge in [0.2, 0.25) is 0 Å². The third kappa shape index (κ3) is 3.23. The van der Waals surface area contributed by atoms with Crippen LogP contribution in [0.2, 0.25) is 0 Å². The summed E-state index contributed by atoms with van der Waals surface area (Å²) in [6.45, 7) is 0.165. The van der Waals surface area contributed by atoms with Crippen molar-refractivity contribution >= 4 is 40.5 Å². The Kier molecular flexibility index (Phi) is 4.73. The molecule has 130 valence electrons. The van der Waals surface area contributed by atoms with Gasteiger partial charge in [0.1, 0.15) is 5.76 Å². The smallest absolute Gasteiger partial charge is 0.268 e. The van der Waals surface area contributed by atoms with Crippen LogP contribution in [0.25, 0.3) is 5.57 Å². The molecule has 26 heavy (non-hydrogen) atoms. The number of furan rings is 1. The van der Waals surface area contributed by atoms with E-state index in [2.05, 4.69) is 4.98 Å². The molecule has 3 aromatic rings. The number of amides is 2. The number of thiophene rings is 1. The molecular formula is C19H14N2O3S2. The van der Waals surface area contributed by atoms with Gasteiger partial charge >= 0.3 is 0 Å². The number of hydrogen-bond donors (Lipinski definition) is 0. The van der Waals surface area contributed by atoms with Gasteiger partial charge in [0.15, 0.2) is 0 Å². The van der Waals surface area contributed by atoms with E-state index < -0.39 is 0 Å². The van der Waals surface area contributed by atoms with Gasteiger partial charge in [0.25, 0.3) is 11.8 Å². The Bertz CT molecular complexity index is 948. The van der Waals surface area contributed by atoms with E-state index in [-0.39, 0.29) is 18.4 Å². The Hall–Kier alpha value is -2.64. The van der Waals surface area contributed by atoms with Gasteiger partial charge in [0, 0.05) is 11.1 Å². The Morgan fingerprint density at radius 2 is 2.00 bits per heavy atom. The minimum Gasteiger partial charge on any atom is -0.468 e. The molecule has 0 bridgehead atoms. The quantitative estimate of drug-likeness (QED) is 0.604. The SMILES string of the molecule is O=C1C(SCc2ccco2)=C(c2cccs2)C(=O)N1Cc1ccccn1. The zero-order valence-electron chi connectivity index (χ0n) is 13.6. The maximum Gasteiger partial charge on any atom is 0.268 e. The number of pyridine rings is 1. The molecule has 0 fully saturated rings. The first-order valence-electron chi connectivity index (χ1n) is 7.93. The van der Waals surface area contributed by atoms with E-state index in [0.29, 0.717) is 21.9 Å². The van der Waals surface area contributed by atoms with Crippen molar-refractivity contribution in [1.82, 2.24) is 9.88 Å². The molecule has 3 aromatic heterocycles. The summed E-state index contributed by atoms with van der Waals surface area (Å²) in [5, 5.41) is 1.90. The molecule has 0 aromatic carbocycles. The Balaban J connectivity index is 1.64. The van der Waals surface area contributed by atoms with Gasteiger partial charge in [-0.2, -0.15) is 0 Å². The minimum atomic E-state index is -0.277. The molecule has 4 heterocycles. The van der Waals surface area contributed by atoms with Crippen molar-refractivity contribution in [1.29, 1.82) is 0 Å². The number of imide groups is 1. The van der Waals surface area contributed by atoms with E-state index in [1.165, 1.54) is 28.0 Å². The lowest BCUT2D eigenvalue weighted by Crippen LogP contribution is -2.31. The van der Waals surface area contributed by atoms with Crippen molar-refractivity contribution in [3.8, 4) is 0 Å². The van der Waals surface area contributed by atoms with E-state index in [1.807, 2.05) is 29.6 Å². The predicted octanol–water partition coefficient (Wildman–Crippen LogP) is 3.95. The molecule has 0 N–H and O–H groups in total. The molecule has 7 heteroatoms. The number of aromatic nitrogens is 1. The summed E-state index contributed by atoms with van der Waals surface area (Å²) in [7, 11) is 0. The average molecular weight is 382 g/mol. The molecule has 0 aliphatic carbocycles. The summed E-state index contributed by atoms with van der Waals surface area (Å²) in [5.41, 5.74) is 1.15. The Morgan fingerprint density at radius 3 is 2.69 bits per heavy atom. The molecule has 1 aliphatic rings. The second-order valence-electron chi connectivity index (χ2n) is 5.57. The highest BCUT2D eigenvalue weighted by Gasteiger charge is 2.39. The number of rotatable bonds is 6. The lowest BCUT2D eigenvalue weighted by molar-refractivity contribution is -0.137. The average Bonchev–Trinajstić information content (AvgIpc) is 3.39. The zero-order chi connectivity index (χ0) is 17.9. The van der Waals surface area contributed by atoms with E-state index >= 15 is 0 Å². The summed E-state index contributed by atoms with van der Waals surface area (Å²) < 4.78 is 5.34. The summed E-state index contributed by atoms with van der Waals surface area (Å²) in [6, 6.07) is 12.8. The maximum atomic E-state index is 13.0. The lowest BCUT2D eigenvalue weighted by atomic mass is 10.2. The zero-order valence-corrected chi connectivity index (χ0v) is 15.3. The van der Waals surface area contributed by atoms with Crippen LogP contribution >= 0.6 is 23.1 Å². The van der Waals surface area contributed by atoms with Gasteiger partial charge in [-0.05, 0) is 35.7 Å². The molecule has 5 nitrogen and oxygen atoms in total. The van der Waals surface area contributed by atoms with Gasteiger partial charge in [-0.3, -0.25) is 19.5 Å². The Labute approximate surface area is 158 Å². The number of carbonyl (C=O) groups is 2. The molecule has 4 rings (SSSR count). The van der Waals surface area contributed by atoms with Crippen LogP contribution in [-0.4, -0.2) is 21.7 Å². The normalized spacial score (nSPS) is 14.5. The predicted molar refractivity (Wildman–Crippen MR) is 101 cm³/mol. The third-order valence-corrected chi connectivity index (χ3v) is 5.86. The number of nitrogens with zero attached hydrogens (tertiary/aromatic N) is 2. The van der Waals surface area contributed by atoms with Crippen molar-refractivity contribution in [2.45, 2.75) is 12.3 Å². The molecule has 0 spiro atoms. The van der Waals surface area contributed by atoms with E-state index in [4.69, 9.17) is 4.42 Å². The first kappa shape index (κ1) is 16.8. The van der Waals surface area contributed by atoms with Crippen molar-refractivity contribution < 1.29 is 14.0 Å². The van der Waals surface area contributed by atoms with Gasteiger partial charge in [-0.15, -0.1) is 23.1 Å². The summed E-state index contributed by atoms with van der Waals surface area (Å²) in [4.78, 5) is 32.7. The minimum absolute atomic E-state index is 0.165. The van der Waals surface area contributed by atoms with Crippen LogP contribution < -0.4 is 0 Å². The van der Waals surface area contributed by atoms with Crippen molar-refractivity contribution in [3.05, 3.63) is 81.5 Å². The molecular weight excluding hydrogens is 368 g/mol. The molecule has 2 amide bonds. The van der Waals surface area contributed by atoms with Crippen LogP contribution in [0.1, 0.15) is 16.3 Å². The second-order valence-corrected chi connectivity index (χ2v) is 7.50. The molecule has 1 aliphatic heterocycles. The van der Waals surface area contributed by atoms with Crippen LogP contribution in [0.3, 0.4) is 0 Å². The molecule has 0 saturated carbocycles. The van der Waals surface area contributed by atoms with Gasteiger partial charge in [-0.25, -0.2) is 0 Å². The topological polar surface area (TPSA) is 63.4 Å². The van der Waals surface area contributed by atoms with Crippen molar-refractivity contribution in [2.24, 2.45) is 0 Å². The van der Waals surface area contributed by atoms with Crippen LogP contribution in [0, 0.1) is 0 Å². The number of carbonyl (C=O) groups excluding carboxylic acids is 2. The first-order valence-corrected chi connectivity index (χ1v) is 9.80. The van der Waals surface area contributed by atoms with Gasteiger partial charge in [0.05, 0.1) is 34.7 Å². The summed E-state index contributed by atoms with van der Waals surface area (Å²) in [6.07, 6.45) is 3.25. The lowest BCUT2D eigenvalue weighted by Gasteiger charge is -2.14. The highest BCUT2D eigenvalue weighted by atomic mass is 32.2. The number of hydrogen-bond acceptors (Lipinski definition) is 6. The maximum absolute atomic E-state index is 13.0. The van der Waals surface area contributed by atoms with E-state index in [0.717, 1.165) is 10.6 Å². The second kappa shape index (κ2) is 7.31. The summed E-state index contributed by atoms with van der Waals surface area (Å²) in [5.74, 6) is 0.704.